The molecule has 0 atom stereocenters. The fourth-order valence-corrected chi connectivity index (χ4v) is 0. The Labute approximate surface area is 65.0 Å². The van der Waals surface area contributed by atoms with Crippen molar-refractivity contribution in [1.82, 2.24) is 0 Å². The Hall–Kier alpha value is 0.400. The number of ketones is 1. The van der Waals surface area contributed by atoms with Gasteiger partial charge in [0.25, 0.3) is 0 Å². The van der Waals surface area contributed by atoms with Crippen LogP contribution in [-0.4, -0.2) is 9.71 Å². The van der Waals surface area contributed by atoms with Gasteiger partial charge in [-0.25, -0.2) is 0 Å². The minimum Gasteiger partial charge on any atom is -0.300 e. The smallest absolute Gasteiger partial charge is 0.126 e. The zero-order chi connectivity index (χ0) is 7.15. The first-order valence-corrected chi connectivity index (χ1v) is 3.82. The van der Waals surface area contributed by atoms with Crippen LogP contribution in [-0.2, 0) is 4.79 Å². The Morgan fingerprint density at radius 3 is 1.38 bits per heavy atom. The quantitative estimate of drug-likeness (QED) is 0.459. The standard InChI is InChI=1S/C3H7I.C3H6O/c2*1-3(2)4/h3H,1-2H3;1-2H3. The fraction of sp³-hybridized carbons (Fsp3) is 0.833. The van der Waals surface area contributed by atoms with E-state index in [4.69, 9.17) is 0 Å². The van der Waals surface area contributed by atoms with Gasteiger partial charge in [0, 0.05) is 3.92 Å². The molecule has 0 unspecified atom stereocenters. The summed E-state index contributed by atoms with van der Waals surface area (Å²) in [4.78, 5) is 9.44. The maximum absolute atomic E-state index is 9.44. The molecule has 0 saturated carbocycles. The summed E-state index contributed by atoms with van der Waals surface area (Å²) in [5, 5.41) is 0. The maximum Gasteiger partial charge on any atom is 0.126 e. The van der Waals surface area contributed by atoms with Crippen LogP contribution < -0.4 is 0 Å². The van der Waals surface area contributed by atoms with Gasteiger partial charge < -0.3 is 4.79 Å². The number of hydrogen-bond acceptors (Lipinski definition) is 1. The van der Waals surface area contributed by atoms with Crippen molar-refractivity contribution in [3.05, 3.63) is 0 Å². The summed E-state index contributed by atoms with van der Waals surface area (Å²) >= 11 is 2.34. The van der Waals surface area contributed by atoms with Gasteiger partial charge in [-0.3, -0.25) is 0 Å². The van der Waals surface area contributed by atoms with Gasteiger partial charge in [-0.2, -0.15) is 0 Å². The lowest BCUT2D eigenvalue weighted by Gasteiger charge is -1.76. The zero-order valence-electron chi connectivity index (χ0n) is 5.86. The lowest BCUT2D eigenvalue weighted by atomic mass is 10.6. The molecule has 0 amide bonds. The van der Waals surface area contributed by atoms with Gasteiger partial charge >= 0.3 is 0 Å². The van der Waals surface area contributed by atoms with Gasteiger partial charge in [0.15, 0.2) is 0 Å². The predicted molar refractivity (Wildman–Crippen MR) is 45.5 cm³/mol. The highest BCUT2D eigenvalue weighted by molar-refractivity contribution is 14.1. The Kier molecular flexibility index (Phi) is 10.4. The van der Waals surface area contributed by atoms with E-state index in [2.05, 4.69) is 36.4 Å². The van der Waals surface area contributed by atoms with Crippen LogP contribution in [0.5, 0.6) is 0 Å². The normalized spacial score (nSPS) is 7.75. The SMILES string of the molecule is CC(C)=O.CC(C)I. The van der Waals surface area contributed by atoms with Crippen LogP contribution in [0.15, 0.2) is 0 Å². The maximum atomic E-state index is 9.44. The fourth-order valence-electron chi connectivity index (χ4n) is 0. The minimum atomic E-state index is 0.167. The first-order valence-electron chi connectivity index (χ1n) is 2.58. The third-order valence-electron chi connectivity index (χ3n) is 0. The van der Waals surface area contributed by atoms with Crippen molar-refractivity contribution in [3.63, 3.8) is 0 Å². The van der Waals surface area contributed by atoms with Crippen molar-refractivity contribution >= 4 is 28.4 Å². The molecule has 0 rings (SSSR count). The number of rotatable bonds is 0. The number of Topliss-reactive ketones (excluding diaryl/α,β-unsaturated/α-hetero) is 1. The molecular formula is C6H13IO. The highest BCUT2D eigenvalue weighted by Gasteiger charge is 1.70. The van der Waals surface area contributed by atoms with Crippen molar-refractivity contribution in [2.75, 3.05) is 0 Å². The minimum absolute atomic E-state index is 0.167. The molecule has 0 saturated heterocycles. The number of alkyl halides is 1. The van der Waals surface area contributed by atoms with Crippen LogP contribution >= 0.6 is 22.6 Å². The van der Waals surface area contributed by atoms with E-state index in [1.54, 1.807) is 0 Å². The van der Waals surface area contributed by atoms with Crippen LogP contribution in [0.1, 0.15) is 27.7 Å². The van der Waals surface area contributed by atoms with Crippen LogP contribution in [0.3, 0.4) is 0 Å². The van der Waals surface area contributed by atoms with Crippen LogP contribution in [0.25, 0.3) is 0 Å². The molecule has 1 nitrogen and oxygen atoms in total. The first kappa shape index (κ1) is 11.2. The molecule has 0 spiro atoms. The summed E-state index contributed by atoms with van der Waals surface area (Å²) in [5.74, 6) is 0.167. The van der Waals surface area contributed by atoms with E-state index in [9.17, 15) is 4.79 Å². The van der Waals surface area contributed by atoms with Crippen LogP contribution in [0.4, 0.5) is 0 Å². The van der Waals surface area contributed by atoms with Crippen molar-refractivity contribution in [2.45, 2.75) is 31.6 Å². The molecule has 0 bridgehead atoms. The molecule has 0 fully saturated rings. The number of halogens is 1. The summed E-state index contributed by atoms with van der Waals surface area (Å²) in [7, 11) is 0. The lowest BCUT2D eigenvalue weighted by molar-refractivity contribution is -0.114. The lowest BCUT2D eigenvalue weighted by Crippen LogP contribution is -1.69. The number of carbonyl (C=O) groups excluding carboxylic acids is 1. The van der Waals surface area contributed by atoms with Gasteiger partial charge in [0.05, 0.1) is 0 Å². The summed E-state index contributed by atoms with van der Waals surface area (Å²) in [6, 6.07) is 0. The Bertz CT molecular complexity index is 52.8. The van der Waals surface area contributed by atoms with Crippen molar-refractivity contribution in [3.8, 4) is 0 Å². The first-order chi connectivity index (χ1) is 3.46. The van der Waals surface area contributed by atoms with Crippen molar-refractivity contribution in [1.29, 1.82) is 0 Å². The van der Waals surface area contributed by atoms with Crippen LogP contribution in [0, 0.1) is 0 Å². The Balaban J connectivity index is 0. The second kappa shape index (κ2) is 7.40. The highest BCUT2D eigenvalue weighted by Crippen LogP contribution is 1.91. The second-order valence-corrected chi connectivity index (χ2v) is 4.41. The summed E-state index contributed by atoms with van der Waals surface area (Å²) in [5.41, 5.74) is 0. The van der Waals surface area contributed by atoms with Crippen LogP contribution in [0.2, 0.25) is 0 Å². The van der Waals surface area contributed by atoms with E-state index in [0.717, 1.165) is 3.92 Å². The average Bonchev–Trinajstić information content (AvgIpc) is 1.25. The third-order valence-corrected chi connectivity index (χ3v) is 0. The highest BCUT2D eigenvalue weighted by atomic mass is 127. The molecule has 0 aromatic carbocycles. The molecule has 0 aromatic rings. The third kappa shape index (κ3) is 1170. The van der Waals surface area contributed by atoms with E-state index in [1.807, 2.05) is 0 Å². The zero-order valence-corrected chi connectivity index (χ0v) is 8.02. The molecule has 0 N–H and O–H groups in total. The van der Waals surface area contributed by atoms with E-state index in [1.165, 1.54) is 13.8 Å². The van der Waals surface area contributed by atoms with Crippen molar-refractivity contribution < 1.29 is 4.79 Å². The van der Waals surface area contributed by atoms with E-state index < -0.39 is 0 Å². The Morgan fingerprint density at radius 1 is 1.38 bits per heavy atom. The summed E-state index contributed by atoms with van der Waals surface area (Å²) < 4.78 is 0.803. The Morgan fingerprint density at radius 2 is 1.38 bits per heavy atom. The molecule has 8 heavy (non-hydrogen) atoms. The largest absolute Gasteiger partial charge is 0.300 e. The molecule has 0 aromatic heterocycles. The number of hydrogen-bond donors (Lipinski definition) is 0. The van der Waals surface area contributed by atoms with Gasteiger partial charge in [0.2, 0.25) is 0 Å². The monoisotopic (exact) mass is 228 g/mol. The molecule has 0 aliphatic carbocycles. The second-order valence-electron chi connectivity index (χ2n) is 1.92. The van der Waals surface area contributed by atoms with Gasteiger partial charge in [-0.1, -0.05) is 36.4 Å². The number of carbonyl (C=O) groups is 1. The predicted octanol–water partition coefficient (Wildman–Crippen LogP) is 2.43. The summed E-state index contributed by atoms with van der Waals surface area (Å²) in [6.07, 6.45) is 0. The van der Waals surface area contributed by atoms with Gasteiger partial charge in [0.1, 0.15) is 5.78 Å². The topological polar surface area (TPSA) is 17.1 Å². The molecule has 0 aliphatic rings. The van der Waals surface area contributed by atoms with Gasteiger partial charge in [-0.05, 0) is 13.8 Å². The summed E-state index contributed by atoms with van der Waals surface area (Å²) in [6.45, 7) is 7.36. The average molecular weight is 228 g/mol. The van der Waals surface area contributed by atoms with E-state index >= 15 is 0 Å². The molecule has 0 radical (unpaired) electrons. The molecule has 2 heteroatoms. The van der Waals surface area contributed by atoms with Crippen molar-refractivity contribution in [2.24, 2.45) is 0 Å². The molecule has 0 heterocycles. The molecule has 0 aliphatic heterocycles. The van der Waals surface area contributed by atoms with E-state index in [-0.39, 0.29) is 5.78 Å². The van der Waals surface area contributed by atoms with E-state index in [0.29, 0.717) is 0 Å². The molecular weight excluding hydrogens is 215 g/mol. The molecule has 50 valence electrons. The van der Waals surface area contributed by atoms with Gasteiger partial charge in [-0.15, -0.1) is 0 Å².